The van der Waals surface area contributed by atoms with Crippen LogP contribution in [-0.2, 0) is 4.74 Å². The molecule has 1 aromatic carbocycles. The maximum atomic E-state index is 7.61. The van der Waals surface area contributed by atoms with Crippen molar-refractivity contribution in [2.45, 2.75) is 6.92 Å². The Morgan fingerprint density at radius 1 is 1.53 bits per heavy atom. The predicted octanol–water partition coefficient (Wildman–Crippen LogP) is 2.21. The summed E-state index contributed by atoms with van der Waals surface area (Å²) >= 11 is 3.42. The Balaban J connectivity index is 2.89. The molecule has 0 fully saturated rings. The Labute approximate surface area is 110 Å². The lowest BCUT2D eigenvalue weighted by atomic mass is 10.1. The number of hydrogen-bond donors (Lipinski definition) is 2. The van der Waals surface area contributed by atoms with Gasteiger partial charge in [0, 0.05) is 30.4 Å². The maximum Gasteiger partial charge on any atom is 0.126 e. The van der Waals surface area contributed by atoms with Gasteiger partial charge in [0.15, 0.2) is 0 Å². The molecule has 0 aliphatic carbocycles. The average molecular weight is 300 g/mol. The van der Waals surface area contributed by atoms with E-state index in [1.807, 2.05) is 37.1 Å². The molecule has 0 heterocycles. The summed E-state index contributed by atoms with van der Waals surface area (Å²) in [5.41, 5.74) is 7.27. The lowest BCUT2D eigenvalue weighted by Gasteiger charge is -2.22. The molecule has 4 nitrogen and oxygen atoms in total. The molecule has 0 saturated heterocycles. The van der Waals surface area contributed by atoms with Crippen LogP contribution in [0.25, 0.3) is 0 Å². The van der Waals surface area contributed by atoms with Gasteiger partial charge in [0.1, 0.15) is 5.84 Å². The Morgan fingerprint density at radius 3 is 2.82 bits per heavy atom. The first-order valence-corrected chi connectivity index (χ1v) is 6.29. The minimum absolute atomic E-state index is 0.0655. The molecule has 0 atom stereocenters. The van der Waals surface area contributed by atoms with Gasteiger partial charge in [0.25, 0.3) is 0 Å². The molecule has 94 valence electrons. The van der Waals surface area contributed by atoms with Gasteiger partial charge in [-0.3, -0.25) is 5.41 Å². The summed E-state index contributed by atoms with van der Waals surface area (Å²) < 4.78 is 6.16. The normalized spacial score (nSPS) is 10.3. The molecule has 1 aromatic rings. The molecule has 0 saturated carbocycles. The van der Waals surface area contributed by atoms with Gasteiger partial charge in [0.2, 0.25) is 0 Å². The van der Waals surface area contributed by atoms with E-state index in [1.165, 1.54) is 0 Å². The number of nitrogen functional groups attached to an aromatic ring is 1. The van der Waals surface area contributed by atoms with Crippen LogP contribution in [-0.4, -0.2) is 32.6 Å². The zero-order valence-corrected chi connectivity index (χ0v) is 11.8. The van der Waals surface area contributed by atoms with Gasteiger partial charge < -0.3 is 15.4 Å². The summed E-state index contributed by atoms with van der Waals surface area (Å²) in [4.78, 5) is 2.04. The second kappa shape index (κ2) is 6.61. The molecule has 0 aromatic heterocycles. The topological polar surface area (TPSA) is 62.3 Å². The fourth-order valence-corrected chi connectivity index (χ4v) is 2.13. The lowest BCUT2D eigenvalue weighted by molar-refractivity contribution is 0.154. The van der Waals surface area contributed by atoms with E-state index in [0.717, 1.165) is 22.3 Å². The van der Waals surface area contributed by atoms with Crippen molar-refractivity contribution in [3.8, 4) is 0 Å². The van der Waals surface area contributed by atoms with Crippen molar-refractivity contribution < 1.29 is 4.74 Å². The maximum absolute atomic E-state index is 7.61. The van der Waals surface area contributed by atoms with Gasteiger partial charge in [-0.05, 0) is 35.0 Å². The molecule has 0 spiro atoms. The molecule has 0 amide bonds. The van der Waals surface area contributed by atoms with Gasteiger partial charge in [-0.15, -0.1) is 0 Å². The second-order valence-corrected chi connectivity index (χ2v) is 4.52. The first kappa shape index (κ1) is 14.0. The van der Waals surface area contributed by atoms with Crippen LogP contribution in [0.15, 0.2) is 22.7 Å². The van der Waals surface area contributed by atoms with Crippen LogP contribution >= 0.6 is 15.9 Å². The Morgan fingerprint density at radius 2 is 2.24 bits per heavy atom. The quantitative estimate of drug-likeness (QED) is 0.481. The summed E-state index contributed by atoms with van der Waals surface area (Å²) in [5, 5.41) is 7.61. The van der Waals surface area contributed by atoms with E-state index < -0.39 is 0 Å². The number of nitrogens with zero attached hydrogens (tertiary/aromatic N) is 1. The Kier molecular flexibility index (Phi) is 5.44. The van der Waals surface area contributed by atoms with Crippen molar-refractivity contribution in [1.29, 1.82) is 5.41 Å². The van der Waals surface area contributed by atoms with E-state index in [-0.39, 0.29) is 5.84 Å². The summed E-state index contributed by atoms with van der Waals surface area (Å²) in [5.74, 6) is 0.0655. The standard InChI is InChI=1S/C12H18BrN3O/c1-3-17-8-7-16(2)10-6-4-5-9(13)11(10)12(14)15/h4-6H,3,7-8H2,1-2H3,(H3,14,15). The van der Waals surface area contributed by atoms with Crippen LogP contribution in [0.2, 0.25) is 0 Å². The Bertz CT molecular complexity index is 395. The van der Waals surface area contributed by atoms with Crippen molar-refractivity contribution in [3.05, 3.63) is 28.2 Å². The smallest absolute Gasteiger partial charge is 0.126 e. The van der Waals surface area contributed by atoms with E-state index in [1.54, 1.807) is 0 Å². The molecule has 0 unspecified atom stereocenters. The fraction of sp³-hybridized carbons (Fsp3) is 0.417. The molecule has 3 N–H and O–H groups in total. The number of nitrogens with one attached hydrogen (secondary N) is 1. The van der Waals surface area contributed by atoms with Crippen LogP contribution in [0.5, 0.6) is 0 Å². The van der Waals surface area contributed by atoms with Gasteiger partial charge in [-0.2, -0.15) is 0 Å². The molecular formula is C12H18BrN3O. The SMILES string of the molecule is CCOCCN(C)c1cccc(Br)c1C(=N)N. The largest absolute Gasteiger partial charge is 0.384 e. The van der Waals surface area contributed by atoms with Gasteiger partial charge in [-0.1, -0.05) is 6.07 Å². The number of halogens is 1. The average Bonchev–Trinajstić information content (AvgIpc) is 2.28. The Hall–Kier alpha value is -1.07. The minimum atomic E-state index is 0.0655. The van der Waals surface area contributed by atoms with E-state index in [9.17, 15) is 0 Å². The fourth-order valence-electron chi connectivity index (χ4n) is 1.56. The third-order valence-electron chi connectivity index (χ3n) is 2.45. The first-order valence-electron chi connectivity index (χ1n) is 5.49. The zero-order chi connectivity index (χ0) is 12.8. The summed E-state index contributed by atoms with van der Waals surface area (Å²) in [6, 6.07) is 5.77. The number of likely N-dealkylation sites (N-methyl/N-ethyl adjacent to an activating group) is 1. The van der Waals surface area contributed by atoms with Crippen LogP contribution in [0, 0.1) is 5.41 Å². The number of anilines is 1. The van der Waals surface area contributed by atoms with Crippen molar-refractivity contribution in [1.82, 2.24) is 0 Å². The summed E-state index contributed by atoms with van der Waals surface area (Å²) in [7, 11) is 1.97. The second-order valence-electron chi connectivity index (χ2n) is 3.67. The predicted molar refractivity (Wildman–Crippen MR) is 74.9 cm³/mol. The van der Waals surface area contributed by atoms with Crippen LogP contribution < -0.4 is 10.6 Å². The van der Waals surface area contributed by atoms with Gasteiger partial charge in [-0.25, -0.2) is 0 Å². The number of ether oxygens (including phenoxy) is 1. The summed E-state index contributed by atoms with van der Waals surface area (Å²) in [6.45, 7) is 4.12. The third-order valence-corrected chi connectivity index (χ3v) is 3.11. The number of rotatable bonds is 6. The first-order chi connectivity index (χ1) is 8.07. The highest BCUT2D eigenvalue weighted by atomic mass is 79.9. The number of benzene rings is 1. The number of amidine groups is 1. The molecule has 0 bridgehead atoms. The molecule has 1 rings (SSSR count). The van der Waals surface area contributed by atoms with Crippen molar-refractivity contribution >= 4 is 27.5 Å². The van der Waals surface area contributed by atoms with E-state index >= 15 is 0 Å². The summed E-state index contributed by atoms with van der Waals surface area (Å²) in [6.07, 6.45) is 0. The van der Waals surface area contributed by atoms with Crippen LogP contribution in [0.1, 0.15) is 12.5 Å². The van der Waals surface area contributed by atoms with Gasteiger partial charge >= 0.3 is 0 Å². The minimum Gasteiger partial charge on any atom is -0.384 e. The number of hydrogen-bond acceptors (Lipinski definition) is 3. The van der Waals surface area contributed by atoms with E-state index in [2.05, 4.69) is 15.9 Å². The van der Waals surface area contributed by atoms with Crippen molar-refractivity contribution in [3.63, 3.8) is 0 Å². The zero-order valence-electron chi connectivity index (χ0n) is 10.2. The van der Waals surface area contributed by atoms with Crippen LogP contribution in [0.4, 0.5) is 5.69 Å². The van der Waals surface area contributed by atoms with Crippen molar-refractivity contribution in [2.24, 2.45) is 5.73 Å². The highest BCUT2D eigenvalue weighted by Gasteiger charge is 2.12. The monoisotopic (exact) mass is 299 g/mol. The van der Waals surface area contributed by atoms with E-state index in [4.69, 9.17) is 15.9 Å². The molecule has 0 aliphatic rings. The van der Waals surface area contributed by atoms with E-state index in [0.29, 0.717) is 13.2 Å². The molecule has 5 heteroatoms. The molecular weight excluding hydrogens is 282 g/mol. The lowest BCUT2D eigenvalue weighted by Crippen LogP contribution is -2.26. The molecule has 0 aliphatic heterocycles. The number of nitrogens with two attached hydrogens (primary N) is 1. The van der Waals surface area contributed by atoms with Crippen molar-refractivity contribution in [2.75, 3.05) is 31.7 Å². The highest BCUT2D eigenvalue weighted by Crippen LogP contribution is 2.26. The van der Waals surface area contributed by atoms with Crippen LogP contribution in [0.3, 0.4) is 0 Å². The third kappa shape index (κ3) is 3.71. The molecule has 0 radical (unpaired) electrons. The van der Waals surface area contributed by atoms with Gasteiger partial charge in [0.05, 0.1) is 12.2 Å². The molecule has 17 heavy (non-hydrogen) atoms. The highest BCUT2D eigenvalue weighted by molar-refractivity contribution is 9.10.